The molecule has 0 bridgehead atoms. The predicted octanol–water partition coefficient (Wildman–Crippen LogP) is 6.37. The molecule has 6 heteroatoms. The molecule has 5 rings (SSSR count). The van der Waals surface area contributed by atoms with Crippen LogP contribution in [0.5, 0.6) is 23.0 Å². The summed E-state index contributed by atoms with van der Waals surface area (Å²) in [4.78, 5) is 2.27. The normalized spacial score (nSPS) is 20.4. The van der Waals surface area contributed by atoms with E-state index in [2.05, 4.69) is 4.90 Å². The van der Waals surface area contributed by atoms with Gasteiger partial charge in [0.2, 0.25) is 0 Å². The molecule has 2 heterocycles. The number of benzene rings is 3. The van der Waals surface area contributed by atoms with E-state index in [1.165, 1.54) is 0 Å². The SMILES string of the molecule is CC1=C(c2cccc(O)c2)C(c2ccc(OCCN3CCCC(F)CC3)cc2)Oc2ccc(O)cc21. The van der Waals surface area contributed by atoms with Crippen LogP contribution in [0.2, 0.25) is 0 Å². The molecule has 2 N–H and O–H groups in total. The van der Waals surface area contributed by atoms with Crippen molar-refractivity contribution in [2.45, 2.75) is 38.5 Å². The first kappa shape index (κ1) is 24.2. The lowest BCUT2D eigenvalue weighted by Crippen LogP contribution is -2.29. The number of allylic oxidation sites excluding steroid dienone is 1. The Morgan fingerprint density at radius 3 is 2.58 bits per heavy atom. The second-order valence-corrected chi connectivity index (χ2v) is 9.55. The van der Waals surface area contributed by atoms with Crippen molar-refractivity contribution >= 4 is 11.1 Å². The molecule has 0 aliphatic carbocycles. The largest absolute Gasteiger partial charge is 0.508 e. The number of alkyl halides is 1. The second-order valence-electron chi connectivity index (χ2n) is 9.55. The number of nitrogens with zero attached hydrogens (tertiary/aromatic N) is 1. The monoisotopic (exact) mass is 489 g/mol. The molecule has 2 aliphatic heterocycles. The fraction of sp³-hybridized carbons (Fsp3) is 0.333. The minimum Gasteiger partial charge on any atom is -0.508 e. The van der Waals surface area contributed by atoms with E-state index in [0.717, 1.165) is 59.6 Å². The third kappa shape index (κ3) is 5.34. The maximum absolute atomic E-state index is 13.6. The van der Waals surface area contributed by atoms with Crippen molar-refractivity contribution in [2.24, 2.45) is 0 Å². The van der Waals surface area contributed by atoms with Gasteiger partial charge in [-0.15, -0.1) is 0 Å². The van der Waals surface area contributed by atoms with E-state index in [0.29, 0.717) is 25.2 Å². The van der Waals surface area contributed by atoms with Crippen molar-refractivity contribution in [3.8, 4) is 23.0 Å². The van der Waals surface area contributed by atoms with E-state index in [9.17, 15) is 14.6 Å². The molecule has 0 aromatic heterocycles. The number of aromatic hydroxyl groups is 2. The maximum Gasteiger partial charge on any atom is 0.150 e. The minimum atomic E-state index is -0.675. The fourth-order valence-corrected chi connectivity index (χ4v) is 5.09. The number of fused-ring (bicyclic) bond motifs is 1. The third-order valence-electron chi connectivity index (χ3n) is 7.04. The summed E-state index contributed by atoms with van der Waals surface area (Å²) < 4.78 is 26.0. The lowest BCUT2D eigenvalue weighted by Gasteiger charge is -2.31. The highest BCUT2D eigenvalue weighted by Gasteiger charge is 2.29. The minimum absolute atomic E-state index is 0.177. The summed E-state index contributed by atoms with van der Waals surface area (Å²) in [5.74, 6) is 1.84. The zero-order chi connectivity index (χ0) is 25.1. The van der Waals surface area contributed by atoms with Gasteiger partial charge in [-0.1, -0.05) is 24.3 Å². The maximum atomic E-state index is 13.6. The van der Waals surface area contributed by atoms with E-state index < -0.39 is 6.17 Å². The van der Waals surface area contributed by atoms with Gasteiger partial charge in [0.05, 0.1) is 0 Å². The van der Waals surface area contributed by atoms with Gasteiger partial charge in [0, 0.05) is 24.2 Å². The molecule has 1 fully saturated rings. The lowest BCUT2D eigenvalue weighted by molar-refractivity contribution is 0.208. The van der Waals surface area contributed by atoms with Gasteiger partial charge in [-0.2, -0.15) is 0 Å². The zero-order valence-electron chi connectivity index (χ0n) is 20.5. The van der Waals surface area contributed by atoms with Gasteiger partial charge < -0.3 is 19.7 Å². The summed E-state index contributed by atoms with van der Waals surface area (Å²) >= 11 is 0. The third-order valence-corrected chi connectivity index (χ3v) is 7.04. The van der Waals surface area contributed by atoms with E-state index in [4.69, 9.17) is 9.47 Å². The first-order valence-electron chi connectivity index (χ1n) is 12.6. The standard InChI is InChI=1S/C30H32FNO4/c1-20-27-19-25(34)9-12-28(27)36-30(29(20)22-4-2-6-24(33)18-22)21-7-10-26(11-8-21)35-17-16-32-14-3-5-23(31)13-15-32/h2,4,6-12,18-19,23,30,33-34H,3,5,13-17H2,1H3. The van der Waals surface area contributed by atoms with Crippen molar-refractivity contribution in [3.63, 3.8) is 0 Å². The van der Waals surface area contributed by atoms with Crippen LogP contribution < -0.4 is 9.47 Å². The number of likely N-dealkylation sites (tertiary alicyclic amines) is 1. The molecule has 0 spiro atoms. The molecule has 188 valence electrons. The van der Waals surface area contributed by atoms with Crippen molar-refractivity contribution in [1.82, 2.24) is 4.90 Å². The van der Waals surface area contributed by atoms with Gasteiger partial charge in [0.15, 0.2) is 0 Å². The van der Waals surface area contributed by atoms with Crippen molar-refractivity contribution in [3.05, 3.63) is 83.4 Å². The van der Waals surface area contributed by atoms with Gasteiger partial charge in [-0.25, -0.2) is 4.39 Å². The van der Waals surface area contributed by atoms with Crippen LogP contribution in [0.15, 0.2) is 66.7 Å². The molecule has 3 aromatic rings. The van der Waals surface area contributed by atoms with Crippen LogP contribution in [0.4, 0.5) is 4.39 Å². The molecular formula is C30H32FNO4. The van der Waals surface area contributed by atoms with Crippen molar-refractivity contribution < 1.29 is 24.1 Å². The topological polar surface area (TPSA) is 62.2 Å². The Morgan fingerprint density at radius 2 is 1.78 bits per heavy atom. The Labute approximate surface area is 211 Å². The Hall–Kier alpha value is -3.51. The quantitative estimate of drug-likeness (QED) is 0.422. The average molecular weight is 490 g/mol. The van der Waals surface area contributed by atoms with Crippen LogP contribution in [0, 0.1) is 0 Å². The summed E-state index contributed by atoms with van der Waals surface area (Å²) in [7, 11) is 0. The van der Waals surface area contributed by atoms with Crippen LogP contribution in [0.1, 0.15) is 49.0 Å². The van der Waals surface area contributed by atoms with Crippen molar-refractivity contribution in [2.75, 3.05) is 26.2 Å². The Bertz CT molecular complexity index is 1240. The van der Waals surface area contributed by atoms with Crippen LogP contribution in [0.25, 0.3) is 11.1 Å². The number of rotatable bonds is 6. The Kier molecular flexibility index (Phi) is 7.14. The van der Waals surface area contributed by atoms with Crippen LogP contribution in [-0.2, 0) is 0 Å². The first-order valence-corrected chi connectivity index (χ1v) is 12.6. The highest BCUT2D eigenvalue weighted by Crippen LogP contribution is 2.47. The molecule has 0 saturated carbocycles. The number of phenolic OH excluding ortho intramolecular Hbond substituents is 2. The van der Waals surface area contributed by atoms with Crippen LogP contribution >= 0.6 is 0 Å². The van der Waals surface area contributed by atoms with Crippen LogP contribution in [-0.4, -0.2) is 47.5 Å². The molecule has 2 aliphatic rings. The fourth-order valence-electron chi connectivity index (χ4n) is 5.09. The Morgan fingerprint density at radius 1 is 0.972 bits per heavy atom. The van der Waals surface area contributed by atoms with Crippen molar-refractivity contribution in [1.29, 1.82) is 0 Å². The smallest absolute Gasteiger partial charge is 0.150 e. The zero-order valence-corrected chi connectivity index (χ0v) is 20.5. The summed E-state index contributed by atoms with van der Waals surface area (Å²) in [6.45, 7) is 5.06. The summed E-state index contributed by atoms with van der Waals surface area (Å²) in [5, 5.41) is 20.2. The van der Waals surface area contributed by atoms with E-state index >= 15 is 0 Å². The number of hydrogen-bond donors (Lipinski definition) is 2. The molecule has 2 unspecified atom stereocenters. The lowest BCUT2D eigenvalue weighted by atomic mass is 9.86. The molecule has 5 nitrogen and oxygen atoms in total. The molecular weight excluding hydrogens is 457 g/mol. The molecule has 1 saturated heterocycles. The van der Waals surface area contributed by atoms with E-state index in [-0.39, 0.29) is 17.6 Å². The molecule has 0 radical (unpaired) electrons. The summed E-state index contributed by atoms with van der Waals surface area (Å²) in [6.07, 6.45) is 1.10. The highest BCUT2D eigenvalue weighted by molar-refractivity contribution is 5.95. The van der Waals surface area contributed by atoms with Crippen LogP contribution in [0.3, 0.4) is 0 Å². The number of hydrogen-bond acceptors (Lipinski definition) is 5. The number of halogens is 1. The number of ether oxygens (including phenoxy) is 2. The van der Waals surface area contributed by atoms with Gasteiger partial charge in [0.1, 0.15) is 41.9 Å². The highest BCUT2D eigenvalue weighted by atomic mass is 19.1. The number of phenols is 2. The average Bonchev–Trinajstić information content (AvgIpc) is 3.08. The van der Waals surface area contributed by atoms with Gasteiger partial charge in [0.25, 0.3) is 0 Å². The van der Waals surface area contributed by atoms with Gasteiger partial charge in [-0.3, -0.25) is 4.90 Å². The summed E-state index contributed by atoms with van der Waals surface area (Å²) in [5.41, 5.74) is 4.57. The second kappa shape index (κ2) is 10.6. The molecule has 2 atom stereocenters. The molecule has 3 aromatic carbocycles. The van der Waals surface area contributed by atoms with Gasteiger partial charge >= 0.3 is 0 Å². The van der Waals surface area contributed by atoms with Gasteiger partial charge in [-0.05, 0) is 91.9 Å². The predicted molar refractivity (Wildman–Crippen MR) is 139 cm³/mol. The van der Waals surface area contributed by atoms with E-state index in [1.54, 1.807) is 30.3 Å². The summed E-state index contributed by atoms with van der Waals surface area (Å²) in [6, 6.07) is 20.1. The first-order chi connectivity index (χ1) is 17.5. The van der Waals surface area contributed by atoms with E-state index in [1.807, 2.05) is 43.3 Å². The molecule has 0 amide bonds. The molecule has 36 heavy (non-hydrogen) atoms. The Balaban J connectivity index is 1.35.